The summed E-state index contributed by atoms with van der Waals surface area (Å²) in [7, 11) is 1.46. The number of rotatable bonds is 5. The number of pyridine rings is 1. The van der Waals surface area contributed by atoms with E-state index in [-0.39, 0.29) is 17.9 Å². The molecule has 1 aliphatic rings. The van der Waals surface area contributed by atoms with Crippen molar-refractivity contribution in [3.63, 3.8) is 0 Å². The van der Waals surface area contributed by atoms with Crippen molar-refractivity contribution >= 4 is 17.4 Å². The average Bonchev–Trinajstić information content (AvgIpc) is 3.05. The van der Waals surface area contributed by atoms with Crippen molar-refractivity contribution in [1.29, 1.82) is 0 Å². The molecule has 1 aromatic heterocycles. The van der Waals surface area contributed by atoms with E-state index in [1.54, 1.807) is 48.7 Å². The third kappa shape index (κ3) is 3.85. The Morgan fingerprint density at radius 2 is 1.88 bits per heavy atom. The summed E-state index contributed by atoms with van der Waals surface area (Å²) in [5.41, 5.74) is 2.17. The minimum Gasteiger partial charge on any atom is -0.507 e. The molecule has 0 saturated carbocycles. The van der Waals surface area contributed by atoms with Gasteiger partial charge in [0, 0.05) is 12.7 Å². The highest BCUT2D eigenvalue weighted by Gasteiger charge is 2.47. The number of hydrogen-bond donors (Lipinski definition) is 1. The third-order valence-electron chi connectivity index (χ3n) is 5.38. The largest absolute Gasteiger partial charge is 0.507 e. The van der Waals surface area contributed by atoms with Crippen molar-refractivity contribution in [2.75, 3.05) is 7.11 Å². The number of halogens is 1. The van der Waals surface area contributed by atoms with Gasteiger partial charge in [-0.2, -0.15) is 0 Å². The van der Waals surface area contributed by atoms with Crippen molar-refractivity contribution in [3.05, 3.63) is 101 Å². The summed E-state index contributed by atoms with van der Waals surface area (Å²) in [6.07, 6.45) is 1.56. The molecule has 2 aromatic carbocycles. The fourth-order valence-electron chi connectivity index (χ4n) is 3.83. The normalized spacial score (nSPS) is 17.6. The Balaban J connectivity index is 1.88. The van der Waals surface area contributed by atoms with E-state index in [1.807, 2.05) is 13.0 Å². The molecule has 1 fully saturated rings. The van der Waals surface area contributed by atoms with Gasteiger partial charge in [0.25, 0.3) is 11.7 Å². The summed E-state index contributed by atoms with van der Waals surface area (Å²) in [4.78, 5) is 31.8. The molecule has 1 saturated heterocycles. The zero-order chi connectivity index (χ0) is 22.8. The second-order valence-electron chi connectivity index (χ2n) is 7.51. The number of amides is 1. The molecule has 0 bridgehead atoms. The molecule has 6 nitrogen and oxygen atoms in total. The smallest absolute Gasteiger partial charge is 0.296 e. The van der Waals surface area contributed by atoms with Gasteiger partial charge >= 0.3 is 0 Å². The van der Waals surface area contributed by atoms with Gasteiger partial charge in [-0.3, -0.25) is 14.6 Å². The van der Waals surface area contributed by atoms with E-state index in [0.717, 1.165) is 5.56 Å². The molecular formula is C25H21FN2O4. The van der Waals surface area contributed by atoms with E-state index < -0.39 is 23.5 Å². The summed E-state index contributed by atoms with van der Waals surface area (Å²) in [5.74, 6) is -1.94. The Morgan fingerprint density at radius 1 is 1.12 bits per heavy atom. The van der Waals surface area contributed by atoms with Gasteiger partial charge in [-0.05, 0) is 48.9 Å². The van der Waals surface area contributed by atoms with Crippen LogP contribution in [0.2, 0.25) is 0 Å². The molecule has 2 heterocycles. The highest BCUT2D eigenvalue weighted by Crippen LogP contribution is 2.41. The van der Waals surface area contributed by atoms with Gasteiger partial charge in [0.05, 0.1) is 23.9 Å². The standard InChI is InChI=1S/C25H21FN2O4/c1-15-6-11-20(32-2)18(13-15)23(29)21-22(19-5-3-4-12-27-19)28(25(31)24(21)30)14-16-7-9-17(26)10-8-16/h3-13,22,29H,14H2,1-2H3/b23-21+. The van der Waals surface area contributed by atoms with Gasteiger partial charge in [-0.25, -0.2) is 4.39 Å². The van der Waals surface area contributed by atoms with Crippen LogP contribution >= 0.6 is 0 Å². The predicted molar refractivity (Wildman–Crippen MR) is 116 cm³/mol. The number of carbonyl (C=O) groups is 2. The minimum atomic E-state index is -0.911. The average molecular weight is 432 g/mol. The van der Waals surface area contributed by atoms with E-state index in [1.165, 1.54) is 24.1 Å². The lowest BCUT2D eigenvalue weighted by molar-refractivity contribution is -0.140. The number of aromatic nitrogens is 1. The first-order valence-corrected chi connectivity index (χ1v) is 9.99. The van der Waals surface area contributed by atoms with Crippen molar-refractivity contribution in [3.8, 4) is 5.75 Å². The molecule has 0 aliphatic carbocycles. The van der Waals surface area contributed by atoms with Crippen LogP contribution in [-0.4, -0.2) is 33.8 Å². The zero-order valence-corrected chi connectivity index (χ0v) is 17.6. The van der Waals surface area contributed by atoms with Crippen molar-refractivity contribution in [1.82, 2.24) is 9.88 Å². The number of ether oxygens (including phenoxy) is 1. The Morgan fingerprint density at radius 3 is 2.53 bits per heavy atom. The van der Waals surface area contributed by atoms with Crippen LogP contribution in [0, 0.1) is 12.7 Å². The van der Waals surface area contributed by atoms with Gasteiger partial charge in [0.1, 0.15) is 23.4 Å². The number of aliphatic hydroxyl groups excluding tert-OH is 1. The van der Waals surface area contributed by atoms with Crippen molar-refractivity contribution in [2.24, 2.45) is 0 Å². The van der Waals surface area contributed by atoms with Gasteiger partial charge in [-0.15, -0.1) is 0 Å². The molecule has 32 heavy (non-hydrogen) atoms. The van der Waals surface area contributed by atoms with E-state index in [0.29, 0.717) is 22.6 Å². The predicted octanol–water partition coefficient (Wildman–Crippen LogP) is 4.16. The van der Waals surface area contributed by atoms with Crippen molar-refractivity contribution in [2.45, 2.75) is 19.5 Å². The summed E-state index contributed by atoms with van der Waals surface area (Å²) < 4.78 is 18.7. The highest BCUT2D eigenvalue weighted by molar-refractivity contribution is 6.46. The molecule has 162 valence electrons. The maximum absolute atomic E-state index is 13.3. The van der Waals surface area contributed by atoms with E-state index in [2.05, 4.69) is 4.98 Å². The van der Waals surface area contributed by atoms with Gasteiger partial charge < -0.3 is 14.7 Å². The van der Waals surface area contributed by atoms with E-state index >= 15 is 0 Å². The Labute approximate surface area is 184 Å². The molecule has 1 unspecified atom stereocenters. The topological polar surface area (TPSA) is 79.7 Å². The second kappa shape index (κ2) is 8.63. The SMILES string of the molecule is COc1ccc(C)cc1/C(O)=C1\C(=O)C(=O)N(Cc2ccc(F)cc2)C1c1ccccn1. The molecule has 1 atom stereocenters. The molecule has 3 aromatic rings. The number of aliphatic hydroxyl groups is 1. The number of carbonyl (C=O) groups excluding carboxylic acids is 2. The maximum atomic E-state index is 13.3. The van der Waals surface area contributed by atoms with Crippen LogP contribution in [0.1, 0.15) is 28.4 Å². The van der Waals surface area contributed by atoms with Crippen LogP contribution in [0.4, 0.5) is 4.39 Å². The first-order chi connectivity index (χ1) is 15.4. The lowest BCUT2D eigenvalue weighted by atomic mass is 9.97. The lowest BCUT2D eigenvalue weighted by Crippen LogP contribution is -2.29. The number of benzene rings is 2. The van der Waals surface area contributed by atoms with E-state index in [9.17, 15) is 19.1 Å². The minimum absolute atomic E-state index is 0.0494. The van der Waals surface area contributed by atoms with Gasteiger partial charge in [-0.1, -0.05) is 29.8 Å². The molecular weight excluding hydrogens is 411 g/mol. The first kappa shape index (κ1) is 21.2. The van der Waals surface area contributed by atoms with Crippen LogP contribution in [0.5, 0.6) is 5.75 Å². The van der Waals surface area contributed by atoms with Crippen LogP contribution in [0.15, 0.2) is 72.4 Å². The third-order valence-corrected chi connectivity index (χ3v) is 5.38. The number of ketones is 1. The molecule has 4 rings (SSSR count). The van der Waals surface area contributed by atoms with Gasteiger partial charge in [0.15, 0.2) is 0 Å². The Kier molecular flexibility index (Phi) is 5.73. The fourth-order valence-corrected chi connectivity index (χ4v) is 3.83. The summed E-state index contributed by atoms with van der Waals surface area (Å²) in [6.45, 7) is 1.90. The first-order valence-electron chi connectivity index (χ1n) is 9.99. The number of Topliss-reactive ketones (excluding diaryl/α,β-unsaturated/α-hetero) is 1. The monoisotopic (exact) mass is 432 g/mol. The highest BCUT2D eigenvalue weighted by atomic mass is 19.1. The maximum Gasteiger partial charge on any atom is 0.296 e. The Bertz CT molecular complexity index is 1210. The van der Waals surface area contributed by atoms with Crippen molar-refractivity contribution < 1.29 is 23.8 Å². The summed E-state index contributed by atoms with van der Waals surface area (Å²) >= 11 is 0. The molecule has 7 heteroatoms. The van der Waals surface area contributed by atoms with Crippen LogP contribution < -0.4 is 4.74 Å². The van der Waals surface area contributed by atoms with Crippen LogP contribution in [0.3, 0.4) is 0 Å². The summed E-state index contributed by atoms with van der Waals surface area (Å²) in [6, 6.07) is 15.1. The second-order valence-corrected chi connectivity index (χ2v) is 7.51. The zero-order valence-electron chi connectivity index (χ0n) is 17.6. The number of methoxy groups -OCH3 is 1. The molecule has 1 aliphatic heterocycles. The number of likely N-dealkylation sites (tertiary alicyclic amines) is 1. The molecule has 0 radical (unpaired) electrons. The Hall–Kier alpha value is -4.00. The molecule has 0 spiro atoms. The fraction of sp³-hybridized carbons (Fsp3) is 0.160. The number of nitrogens with zero attached hydrogens (tertiary/aromatic N) is 2. The summed E-state index contributed by atoms with van der Waals surface area (Å²) in [5, 5.41) is 11.2. The molecule has 1 amide bonds. The quantitative estimate of drug-likeness (QED) is 0.372. The number of aryl methyl sites for hydroxylation is 1. The van der Waals surface area contributed by atoms with E-state index in [4.69, 9.17) is 4.74 Å². The van der Waals surface area contributed by atoms with Gasteiger partial charge in [0.2, 0.25) is 0 Å². The van der Waals surface area contributed by atoms with Crippen LogP contribution in [0.25, 0.3) is 5.76 Å². The lowest BCUT2D eigenvalue weighted by Gasteiger charge is -2.24. The number of hydrogen-bond acceptors (Lipinski definition) is 5. The molecule has 1 N–H and O–H groups in total. The van der Waals surface area contributed by atoms with Crippen LogP contribution in [-0.2, 0) is 16.1 Å².